The van der Waals surface area contributed by atoms with Gasteiger partial charge >= 0.3 is 0 Å². The Morgan fingerprint density at radius 2 is 2.05 bits per heavy atom. The van der Waals surface area contributed by atoms with Crippen LogP contribution in [0.5, 0.6) is 0 Å². The Morgan fingerprint density at radius 3 is 2.63 bits per heavy atom. The van der Waals surface area contributed by atoms with Crippen molar-refractivity contribution in [1.82, 2.24) is 0 Å². The summed E-state index contributed by atoms with van der Waals surface area (Å²) in [4.78, 5) is 0. The number of hydrogen-bond acceptors (Lipinski definition) is 1. The van der Waals surface area contributed by atoms with E-state index in [1.807, 2.05) is 6.07 Å². The van der Waals surface area contributed by atoms with Crippen LogP contribution in [0.1, 0.15) is 40.0 Å². The first-order chi connectivity index (χ1) is 8.83. The molecule has 0 amide bonds. The number of fused-ring (bicyclic) bond motifs is 2. The lowest BCUT2D eigenvalue weighted by atomic mass is 9.68. The van der Waals surface area contributed by atoms with Gasteiger partial charge in [0.2, 0.25) is 0 Å². The third-order valence-electron chi connectivity index (χ3n) is 5.50. The van der Waals surface area contributed by atoms with E-state index in [4.69, 9.17) is 11.6 Å². The van der Waals surface area contributed by atoms with Crippen molar-refractivity contribution in [2.45, 2.75) is 46.1 Å². The zero-order valence-corrected chi connectivity index (χ0v) is 14.1. The molecule has 1 nitrogen and oxygen atoms in total. The fraction of sp³-hybridized carbons (Fsp3) is 0.625. The van der Waals surface area contributed by atoms with Crippen molar-refractivity contribution in [2.75, 3.05) is 5.32 Å². The van der Waals surface area contributed by atoms with Gasteiger partial charge in [-0.15, -0.1) is 0 Å². The minimum Gasteiger partial charge on any atom is -0.381 e. The molecule has 3 unspecified atom stereocenters. The molecule has 2 saturated carbocycles. The van der Waals surface area contributed by atoms with Gasteiger partial charge in [-0.2, -0.15) is 0 Å². The Morgan fingerprint density at radius 1 is 1.32 bits per heavy atom. The predicted molar refractivity (Wildman–Crippen MR) is 85.8 cm³/mol. The molecule has 1 aromatic rings. The monoisotopic (exact) mass is 341 g/mol. The number of halogens is 2. The summed E-state index contributed by atoms with van der Waals surface area (Å²) in [6.07, 6.45) is 4.12. The van der Waals surface area contributed by atoms with Gasteiger partial charge in [0.25, 0.3) is 0 Å². The Hall–Kier alpha value is -0.210. The third kappa shape index (κ3) is 2.12. The highest BCUT2D eigenvalue weighted by molar-refractivity contribution is 9.10. The van der Waals surface area contributed by atoms with Gasteiger partial charge in [-0.3, -0.25) is 0 Å². The van der Waals surface area contributed by atoms with Crippen LogP contribution in [0, 0.1) is 16.7 Å². The highest BCUT2D eigenvalue weighted by Gasteiger charge is 2.59. The van der Waals surface area contributed by atoms with Gasteiger partial charge in [0.1, 0.15) is 0 Å². The minimum absolute atomic E-state index is 0.374. The molecule has 1 aromatic carbocycles. The van der Waals surface area contributed by atoms with E-state index in [1.54, 1.807) is 0 Å². The van der Waals surface area contributed by atoms with Crippen LogP contribution in [0.2, 0.25) is 5.02 Å². The predicted octanol–water partition coefficient (Wildman–Crippen LogP) is 5.73. The van der Waals surface area contributed by atoms with E-state index in [1.165, 1.54) is 24.9 Å². The van der Waals surface area contributed by atoms with Gasteiger partial charge in [0, 0.05) is 16.2 Å². The Kier molecular flexibility index (Phi) is 3.18. The second kappa shape index (κ2) is 4.39. The number of benzene rings is 1. The van der Waals surface area contributed by atoms with Crippen molar-refractivity contribution >= 4 is 33.2 Å². The molecule has 3 rings (SSSR count). The summed E-state index contributed by atoms with van der Waals surface area (Å²) in [6, 6.07) is 6.68. The summed E-state index contributed by atoms with van der Waals surface area (Å²) < 4.78 is 0.963. The summed E-state index contributed by atoms with van der Waals surface area (Å²) in [5.41, 5.74) is 1.99. The molecular weight excluding hydrogens is 322 g/mol. The summed E-state index contributed by atoms with van der Waals surface area (Å²) >= 11 is 9.58. The third-order valence-corrected chi connectivity index (χ3v) is 6.71. The van der Waals surface area contributed by atoms with Crippen molar-refractivity contribution in [2.24, 2.45) is 16.7 Å². The van der Waals surface area contributed by atoms with Crippen LogP contribution < -0.4 is 5.32 Å². The number of hydrogen-bond donors (Lipinski definition) is 1. The zero-order chi connectivity index (χ0) is 13.8. The number of rotatable bonds is 2. The van der Waals surface area contributed by atoms with Crippen LogP contribution in [0.4, 0.5) is 5.69 Å². The molecule has 0 spiro atoms. The van der Waals surface area contributed by atoms with E-state index in [-0.39, 0.29) is 0 Å². The van der Waals surface area contributed by atoms with E-state index in [0.29, 0.717) is 16.9 Å². The maximum absolute atomic E-state index is 6.07. The van der Waals surface area contributed by atoms with Crippen molar-refractivity contribution in [3.63, 3.8) is 0 Å². The standard InChI is InChI=1S/C16H21BrClN/c1-15(2)10-6-7-16(3,9-10)14(15)19-11-4-5-13(18)12(17)8-11/h4-5,8,10,14,19H,6-7,9H2,1-3H3. The van der Waals surface area contributed by atoms with Gasteiger partial charge in [-0.1, -0.05) is 32.4 Å². The lowest BCUT2D eigenvalue weighted by Gasteiger charge is -2.43. The van der Waals surface area contributed by atoms with E-state index < -0.39 is 0 Å². The molecule has 0 heterocycles. The minimum atomic E-state index is 0.374. The largest absolute Gasteiger partial charge is 0.381 e. The fourth-order valence-corrected chi connectivity index (χ4v) is 4.91. The lowest BCUT2D eigenvalue weighted by Crippen LogP contribution is -2.45. The molecule has 0 radical (unpaired) electrons. The molecule has 1 N–H and O–H groups in total. The maximum atomic E-state index is 6.07. The van der Waals surface area contributed by atoms with E-state index in [0.717, 1.165) is 15.4 Å². The Bertz CT molecular complexity index is 509. The first kappa shape index (κ1) is 13.8. The summed E-state index contributed by atoms with van der Waals surface area (Å²) in [7, 11) is 0. The topological polar surface area (TPSA) is 12.0 Å². The van der Waals surface area contributed by atoms with Crippen LogP contribution >= 0.6 is 27.5 Å². The van der Waals surface area contributed by atoms with Crippen LogP contribution in [0.15, 0.2) is 22.7 Å². The average molecular weight is 343 g/mol. The Labute approximate surface area is 129 Å². The second-order valence-electron chi connectivity index (χ2n) is 7.12. The molecule has 0 saturated heterocycles. The van der Waals surface area contributed by atoms with Crippen molar-refractivity contribution in [1.29, 1.82) is 0 Å². The van der Waals surface area contributed by atoms with Gasteiger partial charge in [-0.05, 0) is 70.1 Å². The van der Waals surface area contributed by atoms with Gasteiger partial charge < -0.3 is 5.32 Å². The van der Waals surface area contributed by atoms with Gasteiger partial charge in [0.05, 0.1) is 5.02 Å². The number of nitrogens with one attached hydrogen (secondary N) is 1. The van der Waals surface area contributed by atoms with Crippen LogP contribution in [0.3, 0.4) is 0 Å². The molecule has 2 bridgehead atoms. The summed E-state index contributed by atoms with van der Waals surface area (Å²) in [6.45, 7) is 7.29. The van der Waals surface area contributed by atoms with Crippen LogP contribution in [0.25, 0.3) is 0 Å². The lowest BCUT2D eigenvalue weighted by molar-refractivity contribution is 0.155. The van der Waals surface area contributed by atoms with Crippen LogP contribution in [-0.4, -0.2) is 6.04 Å². The molecule has 2 aliphatic rings. The molecule has 2 aliphatic carbocycles. The van der Waals surface area contributed by atoms with Crippen LogP contribution in [-0.2, 0) is 0 Å². The van der Waals surface area contributed by atoms with E-state index >= 15 is 0 Å². The molecule has 3 atom stereocenters. The van der Waals surface area contributed by atoms with E-state index in [2.05, 4.69) is 54.2 Å². The smallest absolute Gasteiger partial charge is 0.0549 e. The molecule has 0 aliphatic heterocycles. The fourth-order valence-electron chi connectivity index (χ4n) is 4.41. The SMILES string of the molecule is CC12CCC(C1)C(C)(C)C2Nc1ccc(Cl)c(Br)c1. The molecule has 2 fully saturated rings. The molecule has 104 valence electrons. The van der Waals surface area contributed by atoms with Gasteiger partial charge in [0.15, 0.2) is 0 Å². The first-order valence-corrected chi connectivity index (χ1v) is 8.22. The van der Waals surface area contributed by atoms with Crippen molar-refractivity contribution in [3.8, 4) is 0 Å². The Balaban J connectivity index is 1.88. The quantitative estimate of drug-likeness (QED) is 0.723. The molecular formula is C16H21BrClN. The van der Waals surface area contributed by atoms with Crippen molar-refractivity contribution < 1.29 is 0 Å². The number of anilines is 1. The van der Waals surface area contributed by atoms with Crippen molar-refractivity contribution in [3.05, 3.63) is 27.7 Å². The molecule has 3 heteroatoms. The van der Waals surface area contributed by atoms with Gasteiger partial charge in [-0.25, -0.2) is 0 Å². The summed E-state index contributed by atoms with van der Waals surface area (Å²) in [5.74, 6) is 0.866. The summed E-state index contributed by atoms with van der Waals surface area (Å²) in [5, 5.41) is 4.55. The normalized spacial score (nSPS) is 35.6. The maximum Gasteiger partial charge on any atom is 0.0549 e. The average Bonchev–Trinajstić information content (AvgIpc) is 2.80. The second-order valence-corrected chi connectivity index (χ2v) is 8.38. The zero-order valence-electron chi connectivity index (χ0n) is 11.8. The highest BCUT2D eigenvalue weighted by Crippen LogP contribution is 2.63. The molecule has 19 heavy (non-hydrogen) atoms. The van der Waals surface area contributed by atoms with E-state index in [9.17, 15) is 0 Å². The first-order valence-electron chi connectivity index (χ1n) is 7.04. The highest BCUT2D eigenvalue weighted by atomic mass is 79.9. The molecule has 0 aromatic heterocycles.